The highest BCUT2D eigenvalue weighted by Gasteiger charge is 2.25. The number of aromatic amines is 1. The van der Waals surface area contributed by atoms with Crippen LogP contribution in [0, 0.1) is 0 Å². The third-order valence-electron chi connectivity index (χ3n) is 5.02. The van der Waals surface area contributed by atoms with Crippen molar-refractivity contribution in [2.75, 3.05) is 39.3 Å². The summed E-state index contributed by atoms with van der Waals surface area (Å²) in [6.45, 7) is 5.71. The fraction of sp³-hybridized carbons (Fsp3) is 0.765. The molecular formula is C17H29N5O. The average molecular weight is 319 g/mol. The molecule has 1 aromatic heterocycles. The van der Waals surface area contributed by atoms with Crippen LogP contribution < -0.4 is 5.32 Å². The first-order valence-electron chi connectivity index (χ1n) is 9.07. The summed E-state index contributed by atoms with van der Waals surface area (Å²) >= 11 is 0. The van der Waals surface area contributed by atoms with Crippen molar-refractivity contribution in [1.29, 1.82) is 0 Å². The summed E-state index contributed by atoms with van der Waals surface area (Å²) < 4.78 is 0. The van der Waals surface area contributed by atoms with E-state index in [0.29, 0.717) is 5.92 Å². The van der Waals surface area contributed by atoms with Gasteiger partial charge in [-0.05, 0) is 38.8 Å². The fourth-order valence-electron chi connectivity index (χ4n) is 3.68. The van der Waals surface area contributed by atoms with E-state index in [1.165, 1.54) is 38.8 Å². The topological polar surface area (TPSA) is 64.3 Å². The first kappa shape index (κ1) is 16.3. The molecule has 0 aromatic carbocycles. The standard InChI is InChI=1S/C17H29N5O/c23-17(20-9-13-21-10-3-1-2-4-11-21)22-12-5-6-15(14-22)16-18-7-8-19-16/h7-8,15H,1-6,9-14H2,(H,18,19)(H,20,23)/t15-/m1/s1. The predicted molar refractivity (Wildman–Crippen MR) is 90.4 cm³/mol. The summed E-state index contributed by atoms with van der Waals surface area (Å²) in [6, 6.07) is 0.0797. The Balaban J connectivity index is 1.40. The van der Waals surface area contributed by atoms with Crippen LogP contribution in [0.4, 0.5) is 4.79 Å². The Hall–Kier alpha value is -1.56. The number of carbonyl (C=O) groups excluding carboxylic acids is 1. The average Bonchev–Trinajstić information content (AvgIpc) is 3.00. The lowest BCUT2D eigenvalue weighted by atomic mass is 9.98. The fourth-order valence-corrected chi connectivity index (χ4v) is 3.68. The summed E-state index contributed by atoms with van der Waals surface area (Å²) in [6.07, 6.45) is 11.1. The number of nitrogens with zero attached hydrogens (tertiary/aromatic N) is 3. The van der Waals surface area contributed by atoms with E-state index >= 15 is 0 Å². The number of amides is 2. The number of nitrogens with one attached hydrogen (secondary N) is 2. The Bertz CT molecular complexity index is 467. The van der Waals surface area contributed by atoms with Gasteiger partial charge in [-0.3, -0.25) is 0 Å². The van der Waals surface area contributed by atoms with Crippen molar-refractivity contribution < 1.29 is 4.79 Å². The van der Waals surface area contributed by atoms with Crippen LogP contribution in [0.3, 0.4) is 0 Å². The van der Waals surface area contributed by atoms with Gasteiger partial charge in [-0.15, -0.1) is 0 Å². The first-order chi connectivity index (χ1) is 11.3. The van der Waals surface area contributed by atoms with E-state index in [1.54, 1.807) is 6.20 Å². The molecule has 2 amide bonds. The monoisotopic (exact) mass is 319 g/mol. The van der Waals surface area contributed by atoms with Crippen LogP contribution in [-0.2, 0) is 0 Å². The minimum atomic E-state index is 0.0797. The van der Waals surface area contributed by atoms with Gasteiger partial charge in [-0.1, -0.05) is 12.8 Å². The molecule has 128 valence electrons. The Morgan fingerprint density at radius 1 is 1.22 bits per heavy atom. The van der Waals surface area contributed by atoms with E-state index in [0.717, 1.165) is 44.8 Å². The molecule has 1 aromatic rings. The lowest BCUT2D eigenvalue weighted by Crippen LogP contribution is -2.47. The van der Waals surface area contributed by atoms with Gasteiger partial charge in [0.2, 0.25) is 0 Å². The molecule has 0 radical (unpaired) electrons. The predicted octanol–water partition coefficient (Wildman–Crippen LogP) is 2.17. The lowest BCUT2D eigenvalue weighted by Gasteiger charge is -2.32. The zero-order chi connectivity index (χ0) is 15.9. The van der Waals surface area contributed by atoms with E-state index < -0.39 is 0 Å². The number of likely N-dealkylation sites (tertiary alicyclic amines) is 2. The van der Waals surface area contributed by atoms with Gasteiger partial charge in [-0.25, -0.2) is 9.78 Å². The van der Waals surface area contributed by atoms with Gasteiger partial charge in [0.1, 0.15) is 5.82 Å². The molecule has 2 saturated heterocycles. The van der Waals surface area contributed by atoms with Crippen LogP contribution in [0.1, 0.15) is 50.3 Å². The number of carbonyl (C=O) groups is 1. The molecule has 23 heavy (non-hydrogen) atoms. The molecule has 0 saturated carbocycles. The number of piperidine rings is 1. The van der Waals surface area contributed by atoms with Gasteiger partial charge in [0.15, 0.2) is 0 Å². The van der Waals surface area contributed by atoms with Crippen LogP contribution >= 0.6 is 0 Å². The van der Waals surface area contributed by atoms with Gasteiger partial charge in [-0.2, -0.15) is 0 Å². The van der Waals surface area contributed by atoms with Gasteiger partial charge in [0, 0.05) is 44.5 Å². The highest BCUT2D eigenvalue weighted by Crippen LogP contribution is 2.24. The van der Waals surface area contributed by atoms with Gasteiger partial charge < -0.3 is 20.1 Å². The van der Waals surface area contributed by atoms with Crippen molar-refractivity contribution in [2.24, 2.45) is 0 Å². The highest BCUT2D eigenvalue weighted by atomic mass is 16.2. The minimum Gasteiger partial charge on any atom is -0.348 e. The van der Waals surface area contributed by atoms with Crippen LogP contribution in [0.25, 0.3) is 0 Å². The van der Waals surface area contributed by atoms with Crippen molar-refractivity contribution in [1.82, 2.24) is 25.1 Å². The van der Waals surface area contributed by atoms with Crippen molar-refractivity contribution >= 4 is 6.03 Å². The van der Waals surface area contributed by atoms with Crippen molar-refractivity contribution in [3.63, 3.8) is 0 Å². The highest BCUT2D eigenvalue weighted by molar-refractivity contribution is 5.74. The van der Waals surface area contributed by atoms with Gasteiger partial charge in [0.05, 0.1) is 0 Å². The largest absolute Gasteiger partial charge is 0.348 e. The summed E-state index contributed by atoms with van der Waals surface area (Å²) in [5.41, 5.74) is 0. The van der Waals surface area contributed by atoms with Gasteiger partial charge in [0.25, 0.3) is 0 Å². The molecule has 6 heteroatoms. The van der Waals surface area contributed by atoms with Crippen LogP contribution in [0.2, 0.25) is 0 Å². The normalized spacial score (nSPS) is 23.5. The molecule has 2 aliphatic heterocycles. The maximum absolute atomic E-state index is 12.4. The summed E-state index contributed by atoms with van der Waals surface area (Å²) in [5.74, 6) is 1.35. The van der Waals surface area contributed by atoms with Crippen molar-refractivity contribution in [3.05, 3.63) is 18.2 Å². The first-order valence-corrected chi connectivity index (χ1v) is 9.07. The molecule has 2 aliphatic rings. The number of rotatable bonds is 4. The number of aromatic nitrogens is 2. The summed E-state index contributed by atoms with van der Waals surface area (Å²) in [7, 11) is 0. The maximum atomic E-state index is 12.4. The Kier molecular flexibility index (Phi) is 5.91. The van der Waals surface area contributed by atoms with E-state index in [4.69, 9.17) is 0 Å². The molecule has 1 atom stereocenters. The molecule has 0 bridgehead atoms. The second-order valence-corrected chi connectivity index (χ2v) is 6.75. The third kappa shape index (κ3) is 4.70. The Morgan fingerprint density at radius 3 is 2.78 bits per heavy atom. The quantitative estimate of drug-likeness (QED) is 0.894. The van der Waals surface area contributed by atoms with Crippen molar-refractivity contribution in [2.45, 2.75) is 44.4 Å². The van der Waals surface area contributed by atoms with Crippen LogP contribution in [0.5, 0.6) is 0 Å². The molecule has 0 unspecified atom stereocenters. The SMILES string of the molecule is O=C(NCCN1CCCCCC1)N1CCC[C@@H](c2ncc[nH]2)C1. The zero-order valence-electron chi connectivity index (χ0n) is 14.0. The lowest BCUT2D eigenvalue weighted by molar-refractivity contribution is 0.176. The number of H-pyrrole nitrogens is 1. The smallest absolute Gasteiger partial charge is 0.317 e. The molecule has 2 N–H and O–H groups in total. The van der Waals surface area contributed by atoms with E-state index in [2.05, 4.69) is 20.2 Å². The second kappa shape index (κ2) is 8.34. The van der Waals surface area contributed by atoms with E-state index in [1.807, 2.05) is 11.1 Å². The number of imidazole rings is 1. The molecule has 3 heterocycles. The Morgan fingerprint density at radius 2 is 2.04 bits per heavy atom. The maximum Gasteiger partial charge on any atom is 0.317 e. The summed E-state index contributed by atoms with van der Waals surface area (Å²) in [5, 5.41) is 3.10. The zero-order valence-corrected chi connectivity index (χ0v) is 14.0. The minimum absolute atomic E-state index is 0.0797. The second-order valence-electron chi connectivity index (χ2n) is 6.75. The third-order valence-corrected chi connectivity index (χ3v) is 5.02. The molecule has 2 fully saturated rings. The molecule has 0 aliphatic carbocycles. The Labute approximate surface area is 138 Å². The van der Waals surface area contributed by atoms with Crippen molar-refractivity contribution in [3.8, 4) is 0 Å². The van der Waals surface area contributed by atoms with E-state index in [-0.39, 0.29) is 6.03 Å². The van der Waals surface area contributed by atoms with Gasteiger partial charge >= 0.3 is 6.03 Å². The molecular weight excluding hydrogens is 290 g/mol. The number of urea groups is 1. The summed E-state index contributed by atoms with van der Waals surface area (Å²) in [4.78, 5) is 24.3. The number of hydrogen-bond donors (Lipinski definition) is 2. The molecule has 6 nitrogen and oxygen atoms in total. The molecule has 0 spiro atoms. The van der Waals surface area contributed by atoms with E-state index in [9.17, 15) is 4.79 Å². The van der Waals surface area contributed by atoms with Crippen LogP contribution in [0.15, 0.2) is 12.4 Å². The molecule has 3 rings (SSSR count). The number of hydrogen-bond acceptors (Lipinski definition) is 3. The van der Waals surface area contributed by atoms with Crippen LogP contribution in [-0.4, -0.2) is 65.1 Å².